The predicted octanol–water partition coefficient (Wildman–Crippen LogP) is 2.81. The third-order valence-corrected chi connectivity index (χ3v) is 3.44. The van der Waals surface area contributed by atoms with Gasteiger partial charge < -0.3 is 14.6 Å². The van der Waals surface area contributed by atoms with Gasteiger partial charge in [-0.05, 0) is 40.0 Å². The number of aliphatic hydroxyl groups is 1. The summed E-state index contributed by atoms with van der Waals surface area (Å²) in [7, 11) is 1.42. The van der Waals surface area contributed by atoms with Gasteiger partial charge in [-0.15, -0.1) is 0 Å². The Morgan fingerprint density at radius 2 is 2.29 bits per heavy atom. The molecule has 0 aliphatic carbocycles. The van der Waals surface area contributed by atoms with Crippen LogP contribution in [0.1, 0.15) is 24.5 Å². The lowest BCUT2D eigenvalue weighted by molar-refractivity contribution is -0.0449. The number of aliphatic hydroxyl groups excluding tert-OH is 1. The number of hydrogen-bond acceptors (Lipinski definition) is 3. The number of hydrogen-bond donors (Lipinski definition) is 1. The van der Waals surface area contributed by atoms with Crippen molar-refractivity contribution in [3.63, 3.8) is 0 Å². The molecule has 1 aromatic carbocycles. The number of methoxy groups -OCH3 is 1. The highest BCUT2D eigenvalue weighted by molar-refractivity contribution is 9.10. The van der Waals surface area contributed by atoms with E-state index in [1.807, 2.05) is 0 Å². The molecule has 0 spiro atoms. The fourth-order valence-electron chi connectivity index (χ4n) is 1.97. The van der Waals surface area contributed by atoms with Gasteiger partial charge in [0.05, 0.1) is 23.8 Å². The topological polar surface area (TPSA) is 38.7 Å². The highest BCUT2D eigenvalue weighted by Gasteiger charge is 2.24. The summed E-state index contributed by atoms with van der Waals surface area (Å²) in [5.41, 5.74) is 0.717. The van der Waals surface area contributed by atoms with Gasteiger partial charge in [0.25, 0.3) is 0 Å². The van der Waals surface area contributed by atoms with Crippen LogP contribution in [0.2, 0.25) is 0 Å². The highest BCUT2D eigenvalue weighted by atomic mass is 79.9. The quantitative estimate of drug-likeness (QED) is 0.913. The van der Waals surface area contributed by atoms with Crippen molar-refractivity contribution >= 4 is 15.9 Å². The Labute approximate surface area is 108 Å². The molecule has 1 aromatic rings. The van der Waals surface area contributed by atoms with Gasteiger partial charge in [0.2, 0.25) is 0 Å². The first-order chi connectivity index (χ1) is 8.11. The molecule has 1 N–H and O–H groups in total. The van der Waals surface area contributed by atoms with Crippen molar-refractivity contribution < 1.29 is 19.0 Å². The van der Waals surface area contributed by atoms with Crippen LogP contribution < -0.4 is 4.74 Å². The minimum Gasteiger partial charge on any atom is -0.492 e. The molecular formula is C12H14BrFO3. The number of halogens is 2. The molecule has 17 heavy (non-hydrogen) atoms. The van der Waals surface area contributed by atoms with Gasteiger partial charge in [-0.25, -0.2) is 4.39 Å². The van der Waals surface area contributed by atoms with Crippen LogP contribution >= 0.6 is 15.9 Å². The van der Waals surface area contributed by atoms with E-state index in [9.17, 15) is 9.50 Å². The summed E-state index contributed by atoms with van der Waals surface area (Å²) in [5.74, 6) is -0.245. The average molecular weight is 305 g/mol. The first-order valence-corrected chi connectivity index (χ1v) is 6.23. The van der Waals surface area contributed by atoms with Crippen LogP contribution in [0.4, 0.5) is 4.39 Å². The maximum Gasteiger partial charge on any atom is 0.168 e. The summed E-state index contributed by atoms with van der Waals surface area (Å²) in [4.78, 5) is 0. The zero-order valence-electron chi connectivity index (χ0n) is 9.45. The van der Waals surface area contributed by atoms with Gasteiger partial charge in [-0.1, -0.05) is 0 Å². The number of rotatable bonds is 2. The Kier molecular flexibility index (Phi) is 4.01. The molecule has 0 bridgehead atoms. The molecule has 0 amide bonds. The average Bonchev–Trinajstić information content (AvgIpc) is 2.28. The lowest BCUT2D eigenvalue weighted by atomic mass is 9.99. The van der Waals surface area contributed by atoms with Crippen LogP contribution in [-0.2, 0) is 4.74 Å². The number of benzene rings is 1. The normalized spacial score (nSPS) is 24.7. The summed E-state index contributed by atoms with van der Waals surface area (Å²) < 4.78 is 24.7. The summed E-state index contributed by atoms with van der Waals surface area (Å²) in [6, 6.07) is 3.16. The van der Waals surface area contributed by atoms with Crippen molar-refractivity contribution in [2.24, 2.45) is 0 Å². The molecule has 2 rings (SSSR count). The van der Waals surface area contributed by atoms with E-state index in [0.717, 1.165) is 0 Å². The van der Waals surface area contributed by atoms with Crippen LogP contribution in [0.3, 0.4) is 0 Å². The van der Waals surface area contributed by atoms with Gasteiger partial charge in [0.1, 0.15) is 0 Å². The lowest BCUT2D eigenvalue weighted by Crippen LogP contribution is -2.23. The second kappa shape index (κ2) is 5.33. The van der Waals surface area contributed by atoms with Gasteiger partial charge in [-0.3, -0.25) is 0 Å². The molecule has 3 nitrogen and oxygen atoms in total. The zero-order chi connectivity index (χ0) is 12.4. The van der Waals surface area contributed by atoms with E-state index >= 15 is 0 Å². The molecule has 94 valence electrons. The minimum absolute atomic E-state index is 0.185. The van der Waals surface area contributed by atoms with Gasteiger partial charge >= 0.3 is 0 Å². The van der Waals surface area contributed by atoms with Crippen molar-refractivity contribution in [2.75, 3.05) is 13.7 Å². The van der Waals surface area contributed by atoms with E-state index in [0.29, 0.717) is 29.5 Å². The van der Waals surface area contributed by atoms with Crippen LogP contribution in [0.25, 0.3) is 0 Å². The molecule has 1 fully saturated rings. The van der Waals surface area contributed by atoms with Crippen molar-refractivity contribution in [3.05, 3.63) is 28.0 Å². The maximum absolute atomic E-state index is 13.7. The van der Waals surface area contributed by atoms with Gasteiger partial charge in [0.15, 0.2) is 11.6 Å². The summed E-state index contributed by atoms with van der Waals surface area (Å²) in [6.45, 7) is 0.497. The number of ether oxygens (including phenoxy) is 2. The summed E-state index contributed by atoms with van der Waals surface area (Å²) >= 11 is 3.26. The highest BCUT2D eigenvalue weighted by Crippen LogP contribution is 2.35. The fraction of sp³-hybridized carbons (Fsp3) is 0.500. The Balaban J connectivity index is 2.27. The summed E-state index contributed by atoms with van der Waals surface area (Å²) in [5, 5.41) is 9.57. The largest absolute Gasteiger partial charge is 0.492 e. The monoisotopic (exact) mass is 304 g/mol. The third-order valence-electron chi connectivity index (χ3n) is 2.85. The lowest BCUT2D eigenvalue weighted by Gasteiger charge is -2.27. The third kappa shape index (κ3) is 2.78. The second-order valence-corrected chi connectivity index (χ2v) is 4.91. The molecular weight excluding hydrogens is 291 g/mol. The van der Waals surface area contributed by atoms with Crippen LogP contribution in [0, 0.1) is 5.82 Å². The van der Waals surface area contributed by atoms with Gasteiger partial charge in [0, 0.05) is 13.0 Å². The van der Waals surface area contributed by atoms with E-state index < -0.39 is 5.82 Å². The molecule has 1 aliphatic heterocycles. The SMILES string of the molecule is COc1c(F)cc(C2CC(O)CCO2)cc1Br. The molecule has 0 saturated carbocycles. The molecule has 2 unspecified atom stereocenters. The fourth-order valence-corrected chi connectivity index (χ4v) is 2.59. The Bertz CT molecular complexity index is 388. The van der Waals surface area contributed by atoms with Crippen molar-refractivity contribution in [1.29, 1.82) is 0 Å². The van der Waals surface area contributed by atoms with Crippen LogP contribution in [0.15, 0.2) is 16.6 Å². The van der Waals surface area contributed by atoms with E-state index in [1.165, 1.54) is 13.2 Å². The van der Waals surface area contributed by atoms with Crippen molar-refractivity contribution in [3.8, 4) is 5.75 Å². The van der Waals surface area contributed by atoms with E-state index in [4.69, 9.17) is 9.47 Å². The molecule has 1 saturated heterocycles. The first-order valence-electron chi connectivity index (χ1n) is 5.44. The van der Waals surface area contributed by atoms with E-state index in [2.05, 4.69) is 15.9 Å². The smallest absolute Gasteiger partial charge is 0.168 e. The Hall–Kier alpha value is -0.650. The molecule has 0 radical (unpaired) electrons. The minimum atomic E-state index is -0.430. The molecule has 1 heterocycles. The second-order valence-electron chi connectivity index (χ2n) is 4.06. The Morgan fingerprint density at radius 3 is 2.88 bits per heavy atom. The zero-order valence-corrected chi connectivity index (χ0v) is 11.0. The molecule has 1 aliphatic rings. The summed E-state index contributed by atoms with van der Waals surface area (Å²) in [6.07, 6.45) is 0.502. The predicted molar refractivity (Wildman–Crippen MR) is 64.6 cm³/mol. The first kappa shape index (κ1) is 12.8. The molecule has 2 atom stereocenters. The standard InChI is InChI=1S/C12H14BrFO3/c1-16-12-9(13)4-7(5-10(12)14)11-6-8(15)2-3-17-11/h4-5,8,11,15H,2-3,6H2,1H3. The maximum atomic E-state index is 13.7. The van der Waals surface area contributed by atoms with Crippen LogP contribution in [-0.4, -0.2) is 24.9 Å². The van der Waals surface area contributed by atoms with Crippen LogP contribution in [0.5, 0.6) is 5.75 Å². The van der Waals surface area contributed by atoms with E-state index in [-0.39, 0.29) is 18.0 Å². The molecule has 5 heteroatoms. The van der Waals surface area contributed by atoms with Crippen molar-refractivity contribution in [1.82, 2.24) is 0 Å². The van der Waals surface area contributed by atoms with Crippen molar-refractivity contribution in [2.45, 2.75) is 25.0 Å². The van der Waals surface area contributed by atoms with Gasteiger partial charge in [-0.2, -0.15) is 0 Å². The molecule has 0 aromatic heterocycles. The van der Waals surface area contributed by atoms with E-state index in [1.54, 1.807) is 6.07 Å². The Morgan fingerprint density at radius 1 is 1.53 bits per heavy atom.